The average Bonchev–Trinajstić information content (AvgIpc) is 3.32. The Morgan fingerprint density at radius 2 is 1.24 bits per heavy atom. The molecule has 0 unspecified atom stereocenters. The van der Waals surface area contributed by atoms with Crippen LogP contribution in [0.3, 0.4) is 0 Å². The van der Waals surface area contributed by atoms with Crippen LogP contribution in [0.2, 0.25) is 0 Å². The van der Waals surface area contributed by atoms with E-state index in [0.717, 1.165) is 6.08 Å². The van der Waals surface area contributed by atoms with E-state index in [0.29, 0.717) is 16.3 Å². The minimum atomic E-state index is -5.29. The number of rotatable bonds is 2. The Hall–Kier alpha value is -3.70. The van der Waals surface area contributed by atoms with Crippen molar-refractivity contribution in [2.45, 2.75) is 17.8 Å². The summed E-state index contributed by atoms with van der Waals surface area (Å²) in [5.41, 5.74) is -1.77. The van der Waals surface area contributed by atoms with Crippen LogP contribution in [0.4, 0.5) is 35.1 Å². The Balaban J connectivity index is 1.89. The highest BCUT2D eigenvalue weighted by atomic mass is 19.4. The van der Waals surface area contributed by atoms with Gasteiger partial charge in [0.25, 0.3) is 23.4 Å². The van der Waals surface area contributed by atoms with Crippen molar-refractivity contribution < 1.29 is 44.0 Å². The lowest BCUT2D eigenvalue weighted by molar-refractivity contribution is -0.156. The molecule has 4 nitrogen and oxygen atoms in total. The van der Waals surface area contributed by atoms with E-state index in [9.17, 15) is 35.1 Å². The molecular weight excluding hydrogens is 464 g/mol. The van der Waals surface area contributed by atoms with Gasteiger partial charge in [-0.15, -0.1) is 0 Å². The molecule has 0 fully saturated rings. The summed E-state index contributed by atoms with van der Waals surface area (Å²) in [5, 5.41) is 0.923. The Labute approximate surface area is 178 Å². The molecule has 2 heterocycles. The number of oxazole rings is 2. The van der Waals surface area contributed by atoms with Crippen molar-refractivity contribution in [1.29, 1.82) is 0 Å². The molecule has 0 saturated carbocycles. The van der Waals surface area contributed by atoms with E-state index in [1.54, 1.807) is 24.3 Å². The molecule has 0 bridgehead atoms. The monoisotopic (exact) mass is 472 g/mol. The Morgan fingerprint density at radius 1 is 0.727 bits per heavy atom. The Kier molecular flexibility index (Phi) is 4.27. The summed E-state index contributed by atoms with van der Waals surface area (Å²) < 4.78 is 117. The summed E-state index contributed by atoms with van der Waals surface area (Å²) in [6.45, 7) is 0. The first-order valence-electron chi connectivity index (χ1n) is 9.12. The first kappa shape index (κ1) is 21.2. The van der Waals surface area contributed by atoms with Crippen LogP contribution in [0, 0.1) is 11.9 Å². The lowest BCUT2D eigenvalue weighted by Gasteiger charge is -2.29. The summed E-state index contributed by atoms with van der Waals surface area (Å²) in [7, 11) is 0. The third-order valence-electron chi connectivity index (χ3n) is 5.24. The number of hydrogen-bond donors (Lipinski definition) is 0. The van der Waals surface area contributed by atoms with E-state index >= 15 is 0 Å². The fourth-order valence-corrected chi connectivity index (χ4v) is 3.90. The molecule has 33 heavy (non-hydrogen) atoms. The van der Waals surface area contributed by atoms with Crippen LogP contribution in [-0.4, -0.2) is 9.97 Å². The molecule has 2 aromatic heterocycles. The van der Waals surface area contributed by atoms with Gasteiger partial charge in [0.15, 0.2) is 5.41 Å². The van der Waals surface area contributed by atoms with Gasteiger partial charge in [-0.1, -0.05) is 48.6 Å². The number of halogens is 8. The fourth-order valence-electron chi connectivity index (χ4n) is 3.90. The van der Waals surface area contributed by atoms with E-state index in [1.165, 1.54) is 18.2 Å². The van der Waals surface area contributed by atoms with E-state index in [-0.39, 0.29) is 5.56 Å². The average molecular weight is 472 g/mol. The zero-order valence-electron chi connectivity index (χ0n) is 15.9. The van der Waals surface area contributed by atoms with E-state index < -0.39 is 53.0 Å². The van der Waals surface area contributed by atoms with Gasteiger partial charge >= 0.3 is 12.4 Å². The van der Waals surface area contributed by atoms with E-state index in [1.807, 2.05) is 0 Å². The SMILES string of the molecule is Fc1nc(C2(c3nc(F)c(C(F)(F)F)o3)C=Cc3cccc4cccc2c34)oc1C(F)(F)F. The number of nitrogens with zero attached hydrogens (tertiary/aromatic N) is 2. The van der Waals surface area contributed by atoms with Gasteiger partial charge in [0.05, 0.1) is 0 Å². The molecular formula is C21H8F8N2O2. The molecule has 2 aromatic carbocycles. The predicted molar refractivity (Wildman–Crippen MR) is 95.8 cm³/mol. The van der Waals surface area contributed by atoms with Crippen molar-refractivity contribution in [3.8, 4) is 0 Å². The molecule has 12 heteroatoms. The molecule has 1 aliphatic rings. The first-order valence-corrected chi connectivity index (χ1v) is 9.12. The molecule has 0 radical (unpaired) electrons. The van der Waals surface area contributed by atoms with Gasteiger partial charge in [-0.05, 0) is 21.9 Å². The maximum atomic E-state index is 14.2. The summed E-state index contributed by atoms with van der Waals surface area (Å²) in [6.07, 6.45) is -8.16. The Morgan fingerprint density at radius 3 is 1.73 bits per heavy atom. The first-order chi connectivity index (χ1) is 15.4. The topological polar surface area (TPSA) is 52.1 Å². The molecule has 0 atom stereocenters. The van der Waals surface area contributed by atoms with Crippen molar-refractivity contribution in [2.24, 2.45) is 0 Å². The van der Waals surface area contributed by atoms with Crippen molar-refractivity contribution in [1.82, 2.24) is 9.97 Å². The smallest absolute Gasteiger partial charge is 0.431 e. The second kappa shape index (κ2) is 6.65. The van der Waals surface area contributed by atoms with Crippen molar-refractivity contribution in [3.63, 3.8) is 0 Å². The summed E-state index contributed by atoms with van der Waals surface area (Å²) >= 11 is 0. The van der Waals surface area contributed by atoms with Crippen LogP contribution >= 0.6 is 0 Å². The second-order valence-corrected chi connectivity index (χ2v) is 7.17. The van der Waals surface area contributed by atoms with Crippen LogP contribution in [0.15, 0.2) is 51.3 Å². The molecule has 0 aliphatic heterocycles. The fraction of sp³-hybridized carbons (Fsp3) is 0.143. The molecule has 0 N–H and O–H groups in total. The Bertz CT molecular complexity index is 1370. The van der Waals surface area contributed by atoms with Gasteiger partial charge in [-0.25, -0.2) is 0 Å². The zero-order valence-corrected chi connectivity index (χ0v) is 15.9. The molecule has 0 amide bonds. The van der Waals surface area contributed by atoms with E-state index in [2.05, 4.69) is 9.97 Å². The van der Waals surface area contributed by atoms with Gasteiger partial charge in [0.2, 0.25) is 11.8 Å². The zero-order chi connectivity index (χ0) is 23.8. The lowest BCUT2D eigenvalue weighted by Crippen LogP contribution is -2.30. The number of hydrogen-bond acceptors (Lipinski definition) is 4. The van der Waals surface area contributed by atoms with Gasteiger partial charge < -0.3 is 8.83 Å². The molecule has 4 aromatic rings. The van der Waals surface area contributed by atoms with Crippen LogP contribution in [0.1, 0.15) is 34.4 Å². The third-order valence-corrected chi connectivity index (χ3v) is 5.24. The van der Waals surface area contributed by atoms with Crippen LogP contribution in [-0.2, 0) is 17.8 Å². The van der Waals surface area contributed by atoms with Crippen molar-refractivity contribution in [3.05, 3.63) is 88.8 Å². The maximum absolute atomic E-state index is 14.2. The second-order valence-electron chi connectivity index (χ2n) is 7.17. The largest absolute Gasteiger partial charge is 0.454 e. The summed E-state index contributed by atoms with van der Waals surface area (Å²) in [4.78, 5) is 6.40. The predicted octanol–water partition coefficient (Wildman–Crippen LogP) is 6.49. The van der Waals surface area contributed by atoms with Crippen LogP contribution in [0.25, 0.3) is 16.8 Å². The highest BCUT2D eigenvalue weighted by molar-refractivity contribution is 5.97. The molecule has 170 valence electrons. The number of alkyl halides is 6. The molecule has 1 aliphatic carbocycles. The van der Waals surface area contributed by atoms with E-state index in [4.69, 9.17) is 8.83 Å². The number of aromatic nitrogens is 2. The lowest BCUT2D eigenvalue weighted by atomic mass is 9.73. The van der Waals surface area contributed by atoms with Gasteiger partial charge in [0.1, 0.15) is 0 Å². The third kappa shape index (κ3) is 3.04. The molecule has 0 spiro atoms. The summed E-state index contributed by atoms with van der Waals surface area (Å²) in [5.74, 6) is -10.3. The summed E-state index contributed by atoms with van der Waals surface area (Å²) in [6, 6.07) is 9.41. The highest BCUT2D eigenvalue weighted by Gasteiger charge is 2.52. The highest BCUT2D eigenvalue weighted by Crippen LogP contribution is 2.49. The van der Waals surface area contributed by atoms with Crippen molar-refractivity contribution >= 4 is 16.8 Å². The quantitative estimate of drug-likeness (QED) is 0.313. The van der Waals surface area contributed by atoms with Crippen molar-refractivity contribution in [2.75, 3.05) is 0 Å². The molecule has 0 saturated heterocycles. The van der Waals surface area contributed by atoms with Gasteiger partial charge in [-0.2, -0.15) is 45.1 Å². The normalized spacial score (nSPS) is 15.4. The minimum absolute atomic E-state index is 0.0167. The standard InChI is InChI=1S/C21H8F8N2O2/c22-15-13(20(24,25)26)32-17(30-15)19(18-31-16(23)14(33-18)21(27,28)29)8-7-10-4-1-3-9-5-2-6-11(19)12(9)10/h1-8H. The van der Waals surface area contributed by atoms with Gasteiger partial charge in [0, 0.05) is 0 Å². The van der Waals surface area contributed by atoms with Crippen LogP contribution in [0.5, 0.6) is 0 Å². The maximum Gasteiger partial charge on any atom is 0.454 e. The minimum Gasteiger partial charge on any atom is -0.431 e. The number of allylic oxidation sites excluding steroid dienone is 1. The van der Waals surface area contributed by atoms with Crippen LogP contribution < -0.4 is 0 Å². The van der Waals surface area contributed by atoms with Gasteiger partial charge in [-0.3, -0.25) is 0 Å². The number of benzene rings is 2. The molecule has 5 rings (SSSR count).